The number of aryl methyl sites for hydroxylation is 1. The van der Waals surface area contributed by atoms with Gasteiger partial charge >= 0.3 is 0 Å². The first kappa shape index (κ1) is 11.2. The number of nitrogens with zero attached hydrogens (tertiary/aromatic N) is 1. The van der Waals surface area contributed by atoms with Gasteiger partial charge in [0.05, 0.1) is 10.9 Å². The van der Waals surface area contributed by atoms with Gasteiger partial charge in [-0.25, -0.2) is 0 Å². The van der Waals surface area contributed by atoms with Crippen molar-refractivity contribution in [1.82, 2.24) is 4.98 Å². The van der Waals surface area contributed by atoms with E-state index in [0.717, 1.165) is 29.4 Å². The van der Waals surface area contributed by atoms with Crippen molar-refractivity contribution in [3.63, 3.8) is 0 Å². The Hall–Kier alpha value is -1.90. The average molecular weight is 240 g/mol. The van der Waals surface area contributed by atoms with E-state index in [-0.39, 0.29) is 5.91 Å². The highest BCUT2D eigenvalue weighted by atomic mass is 16.1. The van der Waals surface area contributed by atoms with Gasteiger partial charge in [0, 0.05) is 11.1 Å². The summed E-state index contributed by atoms with van der Waals surface area (Å²) in [6, 6.07) is 8.34. The van der Waals surface area contributed by atoms with Crippen LogP contribution in [0.3, 0.4) is 0 Å². The largest absolute Gasteiger partial charge is 0.369 e. The van der Waals surface area contributed by atoms with Crippen LogP contribution in [0.25, 0.3) is 10.9 Å². The van der Waals surface area contributed by atoms with Gasteiger partial charge in [-0.3, -0.25) is 9.78 Å². The van der Waals surface area contributed by atoms with Crippen molar-refractivity contribution < 1.29 is 4.79 Å². The van der Waals surface area contributed by atoms with Crippen LogP contribution in [0.4, 0.5) is 0 Å². The summed E-state index contributed by atoms with van der Waals surface area (Å²) in [5, 5.41) is 1.13. The third-order valence-electron chi connectivity index (χ3n) is 3.91. The minimum atomic E-state index is -0.436. The lowest BCUT2D eigenvalue weighted by molar-refractivity contribution is -0.126. The van der Waals surface area contributed by atoms with Gasteiger partial charge in [-0.15, -0.1) is 0 Å². The van der Waals surface area contributed by atoms with Crippen molar-refractivity contribution in [2.45, 2.75) is 26.7 Å². The summed E-state index contributed by atoms with van der Waals surface area (Å²) in [5.41, 5.74) is 9.53. The van der Waals surface area contributed by atoms with E-state index >= 15 is 0 Å². The molecule has 1 aromatic heterocycles. The molecule has 0 fully saturated rings. The molecule has 1 amide bonds. The molecule has 2 aromatic rings. The lowest BCUT2D eigenvalue weighted by atomic mass is 9.87. The van der Waals surface area contributed by atoms with E-state index < -0.39 is 5.41 Å². The van der Waals surface area contributed by atoms with Crippen LogP contribution in [0.15, 0.2) is 24.3 Å². The molecule has 3 rings (SSSR count). The van der Waals surface area contributed by atoms with E-state index in [1.165, 1.54) is 11.1 Å². The molecule has 3 nitrogen and oxygen atoms in total. The number of aromatic nitrogens is 1. The van der Waals surface area contributed by atoms with Crippen molar-refractivity contribution in [3.05, 3.63) is 41.1 Å². The molecule has 0 saturated heterocycles. The summed E-state index contributed by atoms with van der Waals surface area (Å²) in [4.78, 5) is 16.1. The van der Waals surface area contributed by atoms with Crippen molar-refractivity contribution in [3.8, 4) is 0 Å². The minimum Gasteiger partial charge on any atom is -0.369 e. The first-order valence-electron chi connectivity index (χ1n) is 6.17. The van der Waals surface area contributed by atoms with E-state index in [0.29, 0.717) is 0 Å². The number of primary amides is 1. The number of amides is 1. The maximum atomic E-state index is 11.5. The molecule has 1 aliphatic carbocycles. The Morgan fingerprint density at radius 3 is 2.61 bits per heavy atom. The Morgan fingerprint density at radius 2 is 1.94 bits per heavy atom. The molecule has 1 atom stereocenters. The molecular formula is C15H16N2O. The smallest absolute Gasteiger partial charge is 0.224 e. The van der Waals surface area contributed by atoms with Crippen LogP contribution in [0.1, 0.15) is 23.7 Å². The van der Waals surface area contributed by atoms with E-state index in [2.05, 4.69) is 23.2 Å². The number of benzene rings is 1. The maximum absolute atomic E-state index is 11.5. The van der Waals surface area contributed by atoms with Crippen LogP contribution < -0.4 is 5.73 Å². The lowest BCUT2D eigenvalue weighted by Gasteiger charge is -2.17. The van der Waals surface area contributed by atoms with E-state index in [9.17, 15) is 4.79 Å². The molecular weight excluding hydrogens is 224 g/mol. The lowest BCUT2D eigenvalue weighted by Crippen LogP contribution is -2.34. The predicted octanol–water partition coefficient (Wildman–Crippen LogP) is 2.13. The third kappa shape index (κ3) is 1.58. The predicted molar refractivity (Wildman–Crippen MR) is 71.2 cm³/mol. The van der Waals surface area contributed by atoms with E-state index in [1.54, 1.807) is 0 Å². The number of carbonyl (C=O) groups excluding carboxylic acids is 1. The molecule has 0 radical (unpaired) electrons. The zero-order valence-electron chi connectivity index (χ0n) is 10.7. The van der Waals surface area contributed by atoms with Crippen molar-refractivity contribution in [2.24, 2.45) is 11.1 Å². The quantitative estimate of drug-likeness (QED) is 0.830. The van der Waals surface area contributed by atoms with Crippen molar-refractivity contribution in [2.75, 3.05) is 0 Å². The second-order valence-electron chi connectivity index (χ2n) is 5.54. The summed E-state index contributed by atoms with van der Waals surface area (Å²) in [6.07, 6.45) is 1.46. The molecule has 1 aromatic carbocycles. The molecule has 2 N–H and O–H groups in total. The van der Waals surface area contributed by atoms with Gasteiger partial charge in [0.1, 0.15) is 0 Å². The van der Waals surface area contributed by atoms with Crippen LogP contribution in [0, 0.1) is 12.3 Å². The summed E-state index contributed by atoms with van der Waals surface area (Å²) >= 11 is 0. The number of carbonyl (C=O) groups is 1. The van der Waals surface area contributed by atoms with Crippen LogP contribution >= 0.6 is 0 Å². The van der Waals surface area contributed by atoms with E-state index in [4.69, 9.17) is 5.73 Å². The second kappa shape index (κ2) is 3.55. The number of pyridine rings is 1. The second-order valence-corrected chi connectivity index (χ2v) is 5.54. The highest BCUT2D eigenvalue weighted by Gasteiger charge is 2.38. The molecule has 0 saturated carbocycles. The highest BCUT2D eigenvalue weighted by molar-refractivity contribution is 5.85. The Kier molecular flexibility index (Phi) is 2.21. The summed E-state index contributed by atoms with van der Waals surface area (Å²) in [6.45, 7) is 3.93. The standard InChI is InChI=1S/C15H16N2O/c1-9-3-4-10-5-11-7-15(2,14(16)18)8-12(11)6-13(10)17-9/h3-6H,7-8H2,1-2H3,(H2,16,18). The Morgan fingerprint density at radius 1 is 1.28 bits per heavy atom. The molecule has 1 heterocycles. The van der Waals surface area contributed by atoms with Gasteiger partial charge in [0.2, 0.25) is 5.91 Å². The molecule has 1 unspecified atom stereocenters. The molecule has 0 bridgehead atoms. The van der Waals surface area contributed by atoms with Gasteiger partial charge in [0.25, 0.3) is 0 Å². The SMILES string of the molecule is Cc1ccc2cc3c(cc2n1)CC(C)(C(N)=O)C3. The number of hydrogen-bond donors (Lipinski definition) is 1. The molecule has 0 spiro atoms. The Balaban J connectivity index is 2.14. The first-order valence-corrected chi connectivity index (χ1v) is 6.17. The Labute approximate surface area is 106 Å². The van der Waals surface area contributed by atoms with Crippen molar-refractivity contribution >= 4 is 16.8 Å². The topological polar surface area (TPSA) is 56.0 Å². The third-order valence-corrected chi connectivity index (χ3v) is 3.91. The maximum Gasteiger partial charge on any atom is 0.224 e. The fourth-order valence-electron chi connectivity index (χ4n) is 2.77. The first-order chi connectivity index (χ1) is 8.48. The number of nitrogens with two attached hydrogens (primary N) is 1. The molecule has 1 aliphatic rings. The summed E-state index contributed by atoms with van der Waals surface area (Å²) in [7, 11) is 0. The monoisotopic (exact) mass is 240 g/mol. The van der Waals surface area contributed by atoms with Gasteiger partial charge < -0.3 is 5.73 Å². The summed E-state index contributed by atoms with van der Waals surface area (Å²) < 4.78 is 0. The molecule has 92 valence electrons. The average Bonchev–Trinajstić information content (AvgIpc) is 2.62. The van der Waals surface area contributed by atoms with Gasteiger partial charge in [-0.1, -0.05) is 13.0 Å². The minimum absolute atomic E-state index is 0.216. The Bertz CT molecular complexity index is 663. The van der Waals surface area contributed by atoms with Gasteiger partial charge in [0.15, 0.2) is 0 Å². The number of fused-ring (bicyclic) bond motifs is 2. The number of rotatable bonds is 1. The molecule has 18 heavy (non-hydrogen) atoms. The summed E-state index contributed by atoms with van der Waals surface area (Å²) in [5.74, 6) is -0.216. The van der Waals surface area contributed by atoms with Crippen LogP contribution in [-0.2, 0) is 17.6 Å². The fourth-order valence-corrected chi connectivity index (χ4v) is 2.77. The van der Waals surface area contributed by atoms with Crippen LogP contribution in [0.5, 0.6) is 0 Å². The van der Waals surface area contributed by atoms with Gasteiger partial charge in [-0.2, -0.15) is 0 Å². The zero-order chi connectivity index (χ0) is 12.9. The van der Waals surface area contributed by atoms with Gasteiger partial charge in [-0.05, 0) is 49.1 Å². The molecule has 3 heteroatoms. The number of hydrogen-bond acceptors (Lipinski definition) is 2. The van der Waals surface area contributed by atoms with Crippen LogP contribution in [0.2, 0.25) is 0 Å². The molecule has 0 aliphatic heterocycles. The van der Waals surface area contributed by atoms with Crippen molar-refractivity contribution in [1.29, 1.82) is 0 Å². The fraction of sp³-hybridized carbons (Fsp3) is 0.333. The normalized spacial score (nSPS) is 22.1. The zero-order valence-corrected chi connectivity index (χ0v) is 10.7. The highest BCUT2D eigenvalue weighted by Crippen LogP contribution is 2.38. The van der Waals surface area contributed by atoms with Crippen LogP contribution in [-0.4, -0.2) is 10.9 Å². The van der Waals surface area contributed by atoms with E-state index in [1.807, 2.05) is 19.9 Å².